The summed E-state index contributed by atoms with van der Waals surface area (Å²) in [5.74, 6) is 0.543. The van der Waals surface area contributed by atoms with Crippen molar-refractivity contribution < 1.29 is 9.53 Å². The van der Waals surface area contributed by atoms with Gasteiger partial charge in [0.1, 0.15) is 11.6 Å². The van der Waals surface area contributed by atoms with Crippen LogP contribution in [0.15, 0.2) is 42.6 Å². The van der Waals surface area contributed by atoms with Gasteiger partial charge in [-0.25, -0.2) is 4.98 Å². The molecule has 0 bridgehead atoms. The number of carbonyl (C=O) groups is 1. The number of hydrogen-bond acceptors (Lipinski definition) is 4. The van der Waals surface area contributed by atoms with Gasteiger partial charge in [0.05, 0.1) is 12.7 Å². The smallest absolute Gasteiger partial charge is 0.261 e. The van der Waals surface area contributed by atoms with Crippen molar-refractivity contribution in [2.24, 2.45) is 0 Å². The Kier molecular flexibility index (Phi) is 5.08. The van der Waals surface area contributed by atoms with E-state index in [1.54, 1.807) is 36.5 Å². The highest BCUT2D eigenvalue weighted by Crippen LogP contribution is 2.22. The van der Waals surface area contributed by atoms with Crippen LogP contribution < -0.4 is 15.4 Å². The van der Waals surface area contributed by atoms with Gasteiger partial charge < -0.3 is 10.1 Å². The predicted octanol–water partition coefficient (Wildman–Crippen LogP) is 2.87. The molecule has 0 fully saturated rings. The van der Waals surface area contributed by atoms with Gasteiger partial charge in [-0.3, -0.25) is 10.1 Å². The van der Waals surface area contributed by atoms with Gasteiger partial charge in [0.15, 0.2) is 5.11 Å². The highest BCUT2D eigenvalue weighted by molar-refractivity contribution is 7.80. The first-order chi connectivity index (χ1) is 10.1. The number of benzene rings is 1. The second-order valence-electron chi connectivity index (χ2n) is 3.97. The Bertz CT molecular complexity index is 665. The summed E-state index contributed by atoms with van der Waals surface area (Å²) in [6, 6.07) is 10.1. The van der Waals surface area contributed by atoms with Gasteiger partial charge in [0.25, 0.3) is 5.91 Å². The summed E-state index contributed by atoms with van der Waals surface area (Å²) in [5, 5.41) is 5.93. The van der Waals surface area contributed by atoms with Crippen LogP contribution in [-0.4, -0.2) is 23.1 Å². The highest BCUT2D eigenvalue weighted by Gasteiger charge is 2.14. The van der Waals surface area contributed by atoms with Crippen molar-refractivity contribution in [2.45, 2.75) is 0 Å². The molecule has 5 nitrogen and oxygen atoms in total. The average Bonchev–Trinajstić information content (AvgIpc) is 2.48. The SMILES string of the molecule is COc1ccc(Cl)cc1C(=O)NC(=S)Nc1ccccn1. The van der Waals surface area contributed by atoms with E-state index in [1.165, 1.54) is 13.2 Å². The number of halogens is 1. The lowest BCUT2D eigenvalue weighted by atomic mass is 10.2. The van der Waals surface area contributed by atoms with Crippen LogP contribution in [0.2, 0.25) is 5.02 Å². The molecule has 0 saturated carbocycles. The van der Waals surface area contributed by atoms with Crippen molar-refractivity contribution >= 4 is 40.7 Å². The van der Waals surface area contributed by atoms with Gasteiger partial charge in [-0.05, 0) is 42.5 Å². The van der Waals surface area contributed by atoms with E-state index in [1.807, 2.05) is 0 Å². The second kappa shape index (κ2) is 7.01. The number of carbonyl (C=O) groups excluding carboxylic acids is 1. The van der Waals surface area contributed by atoms with Crippen molar-refractivity contribution in [1.29, 1.82) is 0 Å². The monoisotopic (exact) mass is 321 g/mol. The van der Waals surface area contributed by atoms with E-state index in [0.717, 1.165) is 0 Å². The van der Waals surface area contributed by atoms with E-state index in [4.69, 9.17) is 28.6 Å². The number of methoxy groups -OCH3 is 1. The van der Waals surface area contributed by atoms with Crippen molar-refractivity contribution in [3.63, 3.8) is 0 Å². The molecule has 0 unspecified atom stereocenters. The minimum absolute atomic E-state index is 0.140. The summed E-state index contributed by atoms with van der Waals surface area (Å²) in [5.41, 5.74) is 0.301. The molecule has 21 heavy (non-hydrogen) atoms. The van der Waals surface area contributed by atoms with Gasteiger partial charge in [-0.1, -0.05) is 17.7 Å². The third kappa shape index (κ3) is 4.14. The number of thiocarbonyl (C=S) groups is 1. The lowest BCUT2D eigenvalue weighted by Gasteiger charge is -2.11. The molecule has 2 rings (SSSR count). The summed E-state index contributed by atoms with van der Waals surface area (Å²) in [7, 11) is 1.48. The number of rotatable bonds is 3. The second-order valence-corrected chi connectivity index (χ2v) is 4.81. The van der Waals surface area contributed by atoms with E-state index >= 15 is 0 Å². The third-order valence-electron chi connectivity index (χ3n) is 2.54. The number of aromatic nitrogens is 1. The first kappa shape index (κ1) is 15.2. The molecule has 1 aromatic heterocycles. The number of amides is 1. The van der Waals surface area contributed by atoms with Crippen LogP contribution in [0.5, 0.6) is 5.75 Å². The van der Waals surface area contributed by atoms with Crippen molar-refractivity contribution in [1.82, 2.24) is 10.3 Å². The molecule has 0 atom stereocenters. The van der Waals surface area contributed by atoms with Gasteiger partial charge in [-0.2, -0.15) is 0 Å². The maximum absolute atomic E-state index is 12.2. The van der Waals surface area contributed by atoms with Crippen LogP contribution >= 0.6 is 23.8 Å². The average molecular weight is 322 g/mol. The van der Waals surface area contributed by atoms with Crippen LogP contribution in [0.25, 0.3) is 0 Å². The molecular weight excluding hydrogens is 310 g/mol. The molecule has 2 N–H and O–H groups in total. The first-order valence-corrected chi connectivity index (χ1v) is 6.75. The van der Waals surface area contributed by atoms with Crippen LogP contribution in [-0.2, 0) is 0 Å². The summed E-state index contributed by atoms with van der Waals surface area (Å²) in [6.07, 6.45) is 1.62. The molecule has 0 aliphatic heterocycles. The van der Waals surface area contributed by atoms with Crippen LogP contribution in [0.4, 0.5) is 5.82 Å². The molecule has 0 saturated heterocycles. The minimum Gasteiger partial charge on any atom is -0.496 e. The zero-order chi connectivity index (χ0) is 15.2. The summed E-state index contributed by atoms with van der Waals surface area (Å²) >= 11 is 11.0. The van der Waals surface area contributed by atoms with Crippen molar-refractivity contribution in [2.75, 3.05) is 12.4 Å². The van der Waals surface area contributed by atoms with Gasteiger partial charge >= 0.3 is 0 Å². The summed E-state index contributed by atoms with van der Waals surface area (Å²) in [4.78, 5) is 16.2. The van der Waals surface area contributed by atoms with E-state index in [2.05, 4.69) is 15.6 Å². The summed E-state index contributed by atoms with van der Waals surface area (Å²) in [6.45, 7) is 0. The topological polar surface area (TPSA) is 63.2 Å². The number of hydrogen-bond donors (Lipinski definition) is 2. The molecule has 1 heterocycles. The minimum atomic E-state index is -0.414. The molecule has 1 aromatic carbocycles. The lowest BCUT2D eigenvalue weighted by Crippen LogP contribution is -2.34. The lowest BCUT2D eigenvalue weighted by molar-refractivity contribution is 0.0975. The highest BCUT2D eigenvalue weighted by atomic mass is 35.5. The largest absolute Gasteiger partial charge is 0.496 e. The Labute approximate surface area is 132 Å². The number of pyridine rings is 1. The van der Waals surface area contributed by atoms with E-state index in [9.17, 15) is 4.79 Å². The maximum Gasteiger partial charge on any atom is 0.261 e. The molecule has 0 aliphatic rings. The van der Waals surface area contributed by atoms with Gasteiger partial charge in [-0.15, -0.1) is 0 Å². The molecule has 0 radical (unpaired) electrons. The van der Waals surface area contributed by atoms with Gasteiger partial charge in [0, 0.05) is 11.2 Å². The Morgan fingerprint density at radius 2 is 2.14 bits per heavy atom. The molecule has 7 heteroatoms. The molecular formula is C14H12ClN3O2S. The van der Waals surface area contributed by atoms with Gasteiger partial charge in [0.2, 0.25) is 0 Å². The van der Waals surface area contributed by atoms with Crippen molar-refractivity contribution in [3.05, 3.63) is 53.2 Å². The third-order valence-corrected chi connectivity index (χ3v) is 2.98. The van der Waals surface area contributed by atoms with Crippen LogP contribution in [0.1, 0.15) is 10.4 Å². The molecule has 2 aromatic rings. The standard InChI is InChI=1S/C14H12ClN3O2S/c1-20-11-6-5-9(15)8-10(11)13(19)18-14(21)17-12-4-2-3-7-16-12/h2-8H,1H3,(H2,16,17,18,19,21). The number of ether oxygens (including phenoxy) is 1. The molecule has 108 valence electrons. The zero-order valence-corrected chi connectivity index (χ0v) is 12.7. The quantitative estimate of drug-likeness (QED) is 0.851. The van der Waals surface area contributed by atoms with E-state index in [0.29, 0.717) is 22.2 Å². The van der Waals surface area contributed by atoms with Crippen molar-refractivity contribution in [3.8, 4) is 5.75 Å². The Hall–Kier alpha value is -2.18. The number of anilines is 1. The fourth-order valence-corrected chi connectivity index (χ4v) is 1.98. The Morgan fingerprint density at radius 3 is 2.81 bits per heavy atom. The van der Waals surface area contributed by atoms with Crippen LogP contribution in [0, 0.1) is 0 Å². The predicted molar refractivity (Wildman–Crippen MR) is 85.9 cm³/mol. The fourth-order valence-electron chi connectivity index (χ4n) is 1.61. The zero-order valence-electron chi connectivity index (χ0n) is 11.1. The maximum atomic E-state index is 12.2. The Balaban J connectivity index is 2.07. The van der Waals surface area contributed by atoms with Crippen LogP contribution in [0.3, 0.4) is 0 Å². The fraction of sp³-hybridized carbons (Fsp3) is 0.0714. The summed E-state index contributed by atoms with van der Waals surface area (Å²) < 4.78 is 5.13. The molecule has 1 amide bonds. The number of nitrogens with zero attached hydrogens (tertiary/aromatic N) is 1. The first-order valence-electron chi connectivity index (χ1n) is 5.97. The number of nitrogens with one attached hydrogen (secondary N) is 2. The van der Waals surface area contributed by atoms with E-state index < -0.39 is 5.91 Å². The van der Waals surface area contributed by atoms with E-state index in [-0.39, 0.29) is 5.11 Å². The molecule has 0 spiro atoms. The molecule has 0 aliphatic carbocycles. The normalized spacial score (nSPS) is 9.81. The Morgan fingerprint density at radius 1 is 1.33 bits per heavy atom.